The number of amides is 1. The molecule has 4 heteroatoms. The molecule has 1 fully saturated rings. The molecule has 0 spiro atoms. The summed E-state index contributed by atoms with van der Waals surface area (Å²) in [5.74, 6) is 0.119. The molecule has 114 valence electrons. The first-order valence-corrected chi connectivity index (χ1v) is 8.55. The number of likely N-dealkylation sites (tertiary alicyclic amines) is 1. The van der Waals surface area contributed by atoms with Crippen LogP contribution in [-0.4, -0.2) is 28.9 Å². The highest BCUT2D eigenvalue weighted by molar-refractivity contribution is 7.16. The molecule has 0 atom stereocenters. The van der Waals surface area contributed by atoms with Crippen molar-refractivity contribution < 1.29 is 4.79 Å². The molecule has 0 aliphatic carbocycles. The number of carbonyl (C=O) groups excluding carboxylic acids is 1. The zero-order valence-electron chi connectivity index (χ0n) is 12.8. The Morgan fingerprint density at radius 1 is 1.18 bits per heavy atom. The highest BCUT2D eigenvalue weighted by atomic mass is 32.1. The van der Waals surface area contributed by atoms with Gasteiger partial charge in [-0.3, -0.25) is 4.79 Å². The highest BCUT2D eigenvalue weighted by Crippen LogP contribution is 2.28. The Hall–Kier alpha value is -1.94. The smallest absolute Gasteiger partial charge is 0.246 e. The summed E-state index contributed by atoms with van der Waals surface area (Å²) in [5, 5.41) is 1.00. The van der Waals surface area contributed by atoms with Gasteiger partial charge in [0.25, 0.3) is 0 Å². The zero-order chi connectivity index (χ0) is 15.4. The first-order chi connectivity index (χ1) is 10.7. The van der Waals surface area contributed by atoms with E-state index in [1.807, 2.05) is 36.1 Å². The minimum Gasteiger partial charge on any atom is -0.339 e. The van der Waals surface area contributed by atoms with Crippen LogP contribution in [0.15, 0.2) is 36.4 Å². The number of nitrogens with zero attached hydrogens (tertiary/aromatic N) is 2. The summed E-state index contributed by atoms with van der Waals surface area (Å²) < 4.78 is 0. The lowest BCUT2D eigenvalue weighted by Gasteiger charge is -2.25. The van der Waals surface area contributed by atoms with E-state index in [0.717, 1.165) is 47.1 Å². The van der Waals surface area contributed by atoms with E-state index < -0.39 is 0 Å². The molecule has 1 aliphatic rings. The number of carbonyl (C=O) groups is 1. The fraction of sp³-hybridized carbons (Fsp3) is 0.333. The van der Waals surface area contributed by atoms with Crippen molar-refractivity contribution in [1.29, 1.82) is 0 Å². The molecule has 0 N–H and O–H groups in total. The van der Waals surface area contributed by atoms with Gasteiger partial charge in [-0.25, -0.2) is 4.98 Å². The number of aryl methyl sites for hydroxylation is 1. The van der Waals surface area contributed by atoms with Crippen LogP contribution in [-0.2, 0) is 4.79 Å². The van der Waals surface area contributed by atoms with Gasteiger partial charge >= 0.3 is 0 Å². The average Bonchev–Trinajstić information content (AvgIpc) is 2.95. The fourth-order valence-electron chi connectivity index (χ4n) is 2.63. The van der Waals surface area contributed by atoms with Crippen molar-refractivity contribution in [2.75, 3.05) is 13.1 Å². The van der Waals surface area contributed by atoms with Crippen LogP contribution in [0.1, 0.15) is 29.8 Å². The van der Waals surface area contributed by atoms with E-state index >= 15 is 0 Å². The Labute approximate surface area is 135 Å². The Morgan fingerprint density at radius 2 is 1.91 bits per heavy atom. The number of aromatic nitrogens is 1. The van der Waals surface area contributed by atoms with Crippen LogP contribution in [0, 0.1) is 6.92 Å². The normalized spacial score (nSPS) is 15.4. The van der Waals surface area contributed by atoms with Crippen molar-refractivity contribution in [1.82, 2.24) is 9.88 Å². The van der Waals surface area contributed by atoms with Crippen LogP contribution in [0.5, 0.6) is 0 Å². The lowest BCUT2D eigenvalue weighted by Crippen LogP contribution is -2.34. The van der Waals surface area contributed by atoms with Crippen molar-refractivity contribution in [2.45, 2.75) is 26.2 Å². The fourth-order valence-corrected chi connectivity index (χ4v) is 3.61. The second-order valence-electron chi connectivity index (χ2n) is 5.55. The lowest BCUT2D eigenvalue weighted by molar-refractivity contribution is -0.126. The number of piperidine rings is 1. The molecule has 1 aromatic carbocycles. The third kappa shape index (κ3) is 3.45. The average molecular weight is 312 g/mol. The Kier molecular flexibility index (Phi) is 4.68. The molecule has 1 aromatic heterocycles. The number of hydrogen-bond acceptors (Lipinski definition) is 3. The number of hydrogen-bond donors (Lipinski definition) is 0. The molecule has 0 bridgehead atoms. The minimum absolute atomic E-state index is 0.119. The highest BCUT2D eigenvalue weighted by Gasteiger charge is 2.14. The van der Waals surface area contributed by atoms with Crippen LogP contribution in [0.3, 0.4) is 0 Å². The maximum Gasteiger partial charge on any atom is 0.246 e. The summed E-state index contributed by atoms with van der Waals surface area (Å²) in [6.07, 6.45) is 7.09. The van der Waals surface area contributed by atoms with Crippen LogP contribution >= 0.6 is 11.3 Å². The topological polar surface area (TPSA) is 33.2 Å². The van der Waals surface area contributed by atoms with E-state index in [9.17, 15) is 4.79 Å². The van der Waals surface area contributed by atoms with Crippen LogP contribution in [0.2, 0.25) is 0 Å². The minimum atomic E-state index is 0.119. The van der Waals surface area contributed by atoms with Crippen molar-refractivity contribution in [3.63, 3.8) is 0 Å². The molecule has 22 heavy (non-hydrogen) atoms. The number of thiazole rings is 1. The van der Waals surface area contributed by atoms with Crippen LogP contribution in [0.25, 0.3) is 16.6 Å². The number of rotatable bonds is 3. The monoisotopic (exact) mass is 312 g/mol. The zero-order valence-corrected chi connectivity index (χ0v) is 13.6. The third-order valence-corrected chi connectivity index (χ3v) is 5.07. The first kappa shape index (κ1) is 15.0. The second-order valence-corrected chi connectivity index (χ2v) is 6.58. The van der Waals surface area contributed by atoms with Gasteiger partial charge < -0.3 is 4.90 Å². The second kappa shape index (κ2) is 6.88. The lowest BCUT2D eigenvalue weighted by atomic mass is 10.1. The van der Waals surface area contributed by atoms with Crippen LogP contribution < -0.4 is 0 Å². The van der Waals surface area contributed by atoms with Crippen LogP contribution in [0.4, 0.5) is 0 Å². The molecule has 1 aliphatic heterocycles. The van der Waals surface area contributed by atoms with Gasteiger partial charge in [0.15, 0.2) is 0 Å². The molecule has 0 radical (unpaired) electrons. The SMILES string of the molecule is Cc1nc(-c2ccccc2)sc1C=CC(=O)N1CCCCC1. The Morgan fingerprint density at radius 3 is 2.64 bits per heavy atom. The predicted molar refractivity (Wildman–Crippen MR) is 91.8 cm³/mol. The summed E-state index contributed by atoms with van der Waals surface area (Å²) in [6.45, 7) is 3.77. The number of benzene rings is 1. The molecule has 3 nitrogen and oxygen atoms in total. The van der Waals surface area contributed by atoms with Gasteiger partial charge in [-0.1, -0.05) is 30.3 Å². The van der Waals surface area contributed by atoms with E-state index in [2.05, 4.69) is 17.1 Å². The van der Waals surface area contributed by atoms with Crippen molar-refractivity contribution in [3.8, 4) is 10.6 Å². The van der Waals surface area contributed by atoms with Crippen molar-refractivity contribution in [2.24, 2.45) is 0 Å². The molecule has 2 aromatic rings. The van der Waals surface area contributed by atoms with Gasteiger partial charge in [-0.15, -0.1) is 11.3 Å². The van der Waals surface area contributed by atoms with E-state index in [0.29, 0.717) is 0 Å². The molecule has 3 rings (SSSR count). The van der Waals surface area contributed by atoms with Gasteiger partial charge in [0.1, 0.15) is 5.01 Å². The summed E-state index contributed by atoms with van der Waals surface area (Å²) in [4.78, 5) is 19.8. The Balaban J connectivity index is 1.74. The molecule has 0 saturated carbocycles. The van der Waals surface area contributed by atoms with Gasteiger partial charge in [0.2, 0.25) is 5.91 Å². The van der Waals surface area contributed by atoms with Gasteiger partial charge in [0, 0.05) is 24.7 Å². The Bertz CT molecular complexity index is 670. The largest absolute Gasteiger partial charge is 0.339 e. The maximum atomic E-state index is 12.2. The van der Waals surface area contributed by atoms with E-state index in [1.54, 1.807) is 17.4 Å². The third-order valence-electron chi connectivity index (χ3n) is 3.90. The van der Waals surface area contributed by atoms with E-state index in [4.69, 9.17) is 0 Å². The van der Waals surface area contributed by atoms with E-state index in [1.165, 1.54) is 6.42 Å². The molecular weight excluding hydrogens is 292 g/mol. The first-order valence-electron chi connectivity index (χ1n) is 7.74. The summed E-state index contributed by atoms with van der Waals surface area (Å²) in [5.41, 5.74) is 2.10. The summed E-state index contributed by atoms with van der Waals surface area (Å²) in [6, 6.07) is 10.2. The summed E-state index contributed by atoms with van der Waals surface area (Å²) >= 11 is 1.63. The van der Waals surface area contributed by atoms with Gasteiger partial charge in [0.05, 0.1) is 10.6 Å². The maximum absolute atomic E-state index is 12.2. The molecule has 1 saturated heterocycles. The van der Waals surface area contributed by atoms with Crippen molar-refractivity contribution >= 4 is 23.3 Å². The molecular formula is C18H20N2OS. The molecule has 1 amide bonds. The van der Waals surface area contributed by atoms with Crippen molar-refractivity contribution in [3.05, 3.63) is 47.0 Å². The van der Waals surface area contributed by atoms with Gasteiger partial charge in [-0.05, 0) is 32.3 Å². The van der Waals surface area contributed by atoms with Gasteiger partial charge in [-0.2, -0.15) is 0 Å². The molecule has 2 heterocycles. The quantitative estimate of drug-likeness (QED) is 0.798. The molecule has 0 unspecified atom stereocenters. The predicted octanol–water partition coefficient (Wildman–Crippen LogP) is 4.14. The standard InChI is InChI=1S/C18H20N2OS/c1-14-16(10-11-17(21)20-12-6-3-7-13-20)22-18(19-14)15-8-4-2-5-9-15/h2,4-5,8-11H,3,6-7,12-13H2,1H3. The van der Waals surface area contributed by atoms with E-state index in [-0.39, 0.29) is 5.91 Å². The summed E-state index contributed by atoms with van der Waals surface area (Å²) in [7, 11) is 0.